The Morgan fingerprint density at radius 2 is 1.58 bits per heavy atom. The Hall–Kier alpha value is -4.39. The Morgan fingerprint density at radius 1 is 0.839 bits per heavy atom. The molecule has 5 rings (SSSR count). The molecule has 3 heterocycles. The first kappa shape index (κ1) is 18.6. The second kappa shape index (κ2) is 8.16. The molecule has 0 aliphatic rings. The average Bonchev–Trinajstić information content (AvgIpc) is 3.49. The van der Waals surface area contributed by atoms with Crippen molar-refractivity contribution in [2.75, 3.05) is 5.32 Å². The molecule has 1 N–H and O–H groups in total. The highest BCUT2D eigenvalue weighted by Crippen LogP contribution is 2.31. The maximum atomic E-state index is 12.8. The Balaban J connectivity index is 1.54. The number of oxazole rings is 1. The van der Waals surface area contributed by atoms with Crippen molar-refractivity contribution in [2.24, 2.45) is 0 Å². The van der Waals surface area contributed by atoms with Gasteiger partial charge in [-0.15, -0.1) is 0 Å². The van der Waals surface area contributed by atoms with Gasteiger partial charge in [0.2, 0.25) is 5.89 Å². The summed E-state index contributed by atoms with van der Waals surface area (Å²) in [6.45, 7) is 0.431. The molecule has 31 heavy (non-hydrogen) atoms. The molecule has 0 aliphatic carbocycles. The molecule has 0 radical (unpaired) electrons. The van der Waals surface area contributed by atoms with E-state index in [1.807, 2.05) is 72.8 Å². The molecule has 7 heteroatoms. The van der Waals surface area contributed by atoms with Crippen LogP contribution in [0.2, 0.25) is 0 Å². The van der Waals surface area contributed by atoms with Crippen LogP contribution in [0.25, 0.3) is 28.6 Å². The maximum Gasteiger partial charge on any atom is 0.355 e. The summed E-state index contributed by atoms with van der Waals surface area (Å²) < 4.78 is 12.8. The lowest BCUT2D eigenvalue weighted by molar-refractivity contribution is 0.517. The minimum Gasteiger partial charge on any atom is -0.467 e. The molecule has 3 aromatic heterocycles. The van der Waals surface area contributed by atoms with E-state index in [9.17, 15) is 4.79 Å². The van der Waals surface area contributed by atoms with E-state index in [-0.39, 0.29) is 0 Å². The quantitative estimate of drug-likeness (QED) is 0.434. The summed E-state index contributed by atoms with van der Waals surface area (Å²) in [4.78, 5) is 21.6. The van der Waals surface area contributed by atoms with E-state index < -0.39 is 5.69 Å². The Labute approximate surface area is 177 Å². The van der Waals surface area contributed by atoms with Crippen LogP contribution >= 0.6 is 0 Å². The third kappa shape index (κ3) is 3.89. The van der Waals surface area contributed by atoms with Crippen LogP contribution in [0.15, 0.2) is 105 Å². The van der Waals surface area contributed by atoms with E-state index in [0.717, 1.165) is 16.9 Å². The topological polar surface area (TPSA) is 86.1 Å². The second-order valence-electron chi connectivity index (χ2n) is 6.80. The van der Waals surface area contributed by atoms with Crippen molar-refractivity contribution in [3.05, 3.63) is 108 Å². The molecule has 0 saturated carbocycles. The minimum atomic E-state index is -0.463. The predicted octanol–water partition coefficient (Wildman–Crippen LogP) is 4.76. The molecule has 7 nitrogen and oxygen atoms in total. The lowest BCUT2D eigenvalue weighted by atomic mass is 10.2. The molecule has 0 atom stereocenters. The zero-order valence-corrected chi connectivity index (χ0v) is 16.4. The maximum absolute atomic E-state index is 12.8. The zero-order chi connectivity index (χ0) is 21.0. The summed E-state index contributed by atoms with van der Waals surface area (Å²) in [5.41, 5.74) is 1.18. The van der Waals surface area contributed by atoms with Crippen LogP contribution in [0.3, 0.4) is 0 Å². The number of rotatable bonds is 6. The van der Waals surface area contributed by atoms with Gasteiger partial charge >= 0.3 is 5.69 Å². The summed E-state index contributed by atoms with van der Waals surface area (Å²) in [7, 11) is 0. The van der Waals surface area contributed by atoms with Crippen molar-refractivity contribution < 1.29 is 8.83 Å². The second-order valence-corrected chi connectivity index (χ2v) is 6.80. The summed E-state index contributed by atoms with van der Waals surface area (Å²) in [5.74, 6) is 2.52. The van der Waals surface area contributed by atoms with Crippen LogP contribution < -0.4 is 11.0 Å². The van der Waals surface area contributed by atoms with Gasteiger partial charge in [-0.2, -0.15) is 9.97 Å². The van der Waals surface area contributed by atoms with Gasteiger partial charge in [-0.3, -0.25) is 0 Å². The van der Waals surface area contributed by atoms with Crippen LogP contribution in [0.1, 0.15) is 5.76 Å². The molecule has 152 valence electrons. The van der Waals surface area contributed by atoms with E-state index >= 15 is 0 Å². The van der Waals surface area contributed by atoms with Crippen molar-refractivity contribution >= 4 is 5.82 Å². The third-order valence-corrected chi connectivity index (χ3v) is 4.72. The standard InChI is InChI=1S/C24H18N4O3/c29-24-26-20(25-16-19-12-7-15-30-19)13-14-28(24)22-21(17-8-3-1-4-9-17)31-23(27-22)18-10-5-2-6-11-18/h1-15H,16H2,(H,25,26,29). The number of nitrogens with zero attached hydrogens (tertiary/aromatic N) is 3. The van der Waals surface area contributed by atoms with E-state index in [2.05, 4.69) is 15.3 Å². The van der Waals surface area contributed by atoms with Gasteiger partial charge in [0.25, 0.3) is 0 Å². The summed E-state index contributed by atoms with van der Waals surface area (Å²) in [6, 6.07) is 24.5. The van der Waals surface area contributed by atoms with Gasteiger partial charge in [0.1, 0.15) is 11.6 Å². The van der Waals surface area contributed by atoms with E-state index in [1.165, 1.54) is 4.57 Å². The van der Waals surface area contributed by atoms with Gasteiger partial charge in [0, 0.05) is 17.3 Å². The monoisotopic (exact) mass is 410 g/mol. The first-order chi connectivity index (χ1) is 15.3. The highest BCUT2D eigenvalue weighted by molar-refractivity contribution is 5.68. The SMILES string of the molecule is O=c1nc(NCc2ccco2)ccn1-c1nc(-c2ccccc2)oc1-c1ccccc1. The molecule has 0 saturated heterocycles. The smallest absolute Gasteiger partial charge is 0.355 e. The third-order valence-electron chi connectivity index (χ3n) is 4.72. The molecule has 0 amide bonds. The Bertz CT molecular complexity index is 1340. The van der Waals surface area contributed by atoms with E-state index in [4.69, 9.17) is 8.83 Å². The normalized spacial score (nSPS) is 10.8. The number of hydrogen-bond acceptors (Lipinski definition) is 6. The summed E-state index contributed by atoms with van der Waals surface area (Å²) in [5, 5.41) is 3.08. The first-order valence-corrected chi connectivity index (χ1v) is 9.76. The fourth-order valence-electron chi connectivity index (χ4n) is 3.21. The van der Waals surface area contributed by atoms with Crippen LogP contribution in [-0.4, -0.2) is 14.5 Å². The van der Waals surface area contributed by atoms with Crippen molar-refractivity contribution in [2.45, 2.75) is 6.54 Å². The van der Waals surface area contributed by atoms with Crippen molar-refractivity contribution in [1.29, 1.82) is 0 Å². The number of hydrogen-bond donors (Lipinski definition) is 1. The van der Waals surface area contributed by atoms with Crippen LogP contribution in [-0.2, 0) is 6.54 Å². The van der Waals surface area contributed by atoms with E-state index in [1.54, 1.807) is 18.5 Å². The number of anilines is 1. The highest BCUT2D eigenvalue weighted by atomic mass is 16.4. The number of nitrogens with one attached hydrogen (secondary N) is 1. The Morgan fingerprint density at radius 3 is 2.26 bits per heavy atom. The largest absolute Gasteiger partial charge is 0.467 e. The van der Waals surface area contributed by atoms with Crippen LogP contribution in [0.4, 0.5) is 5.82 Å². The average molecular weight is 410 g/mol. The van der Waals surface area contributed by atoms with Gasteiger partial charge < -0.3 is 14.2 Å². The molecule has 2 aromatic carbocycles. The van der Waals surface area contributed by atoms with Crippen molar-refractivity contribution in [3.63, 3.8) is 0 Å². The van der Waals surface area contributed by atoms with Crippen LogP contribution in [0.5, 0.6) is 0 Å². The molecule has 0 unspecified atom stereocenters. The first-order valence-electron chi connectivity index (χ1n) is 9.76. The molecule has 0 bridgehead atoms. The lowest BCUT2D eigenvalue weighted by Gasteiger charge is -2.06. The molecule has 0 fully saturated rings. The number of benzene rings is 2. The van der Waals surface area contributed by atoms with E-state index in [0.29, 0.717) is 29.8 Å². The number of furan rings is 1. The molecular formula is C24H18N4O3. The van der Waals surface area contributed by atoms with Gasteiger partial charge in [-0.05, 0) is 30.3 Å². The van der Waals surface area contributed by atoms with Crippen LogP contribution in [0, 0.1) is 0 Å². The number of aromatic nitrogens is 3. The predicted molar refractivity (Wildman–Crippen MR) is 117 cm³/mol. The Kier molecular flexibility index (Phi) is 4.90. The molecule has 0 aliphatic heterocycles. The minimum absolute atomic E-state index is 0.389. The molecule has 5 aromatic rings. The summed E-state index contributed by atoms with van der Waals surface area (Å²) >= 11 is 0. The summed E-state index contributed by atoms with van der Waals surface area (Å²) in [6.07, 6.45) is 3.24. The lowest BCUT2D eigenvalue weighted by Crippen LogP contribution is -2.22. The molecular weight excluding hydrogens is 392 g/mol. The zero-order valence-electron chi connectivity index (χ0n) is 16.4. The highest BCUT2D eigenvalue weighted by Gasteiger charge is 2.19. The fourth-order valence-corrected chi connectivity index (χ4v) is 3.21. The van der Waals surface area contributed by atoms with Gasteiger partial charge in [0.05, 0.1) is 12.8 Å². The fraction of sp³-hybridized carbons (Fsp3) is 0.0417. The van der Waals surface area contributed by atoms with Gasteiger partial charge in [0.15, 0.2) is 11.6 Å². The van der Waals surface area contributed by atoms with Crippen molar-refractivity contribution in [3.8, 4) is 28.6 Å². The van der Waals surface area contributed by atoms with Gasteiger partial charge in [-0.1, -0.05) is 48.5 Å². The van der Waals surface area contributed by atoms with Gasteiger partial charge in [-0.25, -0.2) is 9.36 Å². The van der Waals surface area contributed by atoms with Crippen molar-refractivity contribution in [1.82, 2.24) is 14.5 Å². The molecule has 0 spiro atoms.